The largest absolute Gasteiger partial charge is 0.366 e. The van der Waals surface area contributed by atoms with Crippen molar-refractivity contribution < 1.29 is 18.0 Å². The lowest BCUT2D eigenvalue weighted by atomic mass is 10.1. The number of carbonyl (C=O) groups excluding carboxylic acids is 2. The van der Waals surface area contributed by atoms with E-state index >= 15 is 0 Å². The summed E-state index contributed by atoms with van der Waals surface area (Å²) in [6, 6.07) is 5.68. The molecule has 1 aliphatic carbocycles. The van der Waals surface area contributed by atoms with Gasteiger partial charge in [0.1, 0.15) is 0 Å². The SMILES string of the molecule is CC(C)N(c1cc(NC(=O)C2CC2)ccc1C(=O)N1CCS(=O)(=O)CC1)C(C)C. The lowest BCUT2D eigenvalue weighted by molar-refractivity contribution is -0.117. The molecule has 8 heteroatoms. The molecule has 7 nitrogen and oxygen atoms in total. The first-order valence-electron chi connectivity index (χ1n) is 10.3. The highest BCUT2D eigenvalue weighted by molar-refractivity contribution is 7.91. The van der Waals surface area contributed by atoms with Crippen molar-refractivity contribution in [2.24, 2.45) is 5.92 Å². The van der Waals surface area contributed by atoms with Gasteiger partial charge in [-0.05, 0) is 58.7 Å². The van der Waals surface area contributed by atoms with Crippen LogP contribution in [-0.2, 0) is 14.6 Å². The van der Waals surface area contributed by atoms with Crippen LogP contribution in [0.5, 0.6) is 0 Å². The minimum absolute atomic E-state index is 0.00166. The van der Waals surface area contributed by atoms with Crippen molar-refractivity contribution in [2.45, 2.75) is 52.6 Å². The van der Waals surface area contributed by atoms with Crippen molar-refractivity contribution in [3.63, 3.8) is 0 Å². The first-order chi connectivity index (χ1) is 13.6. The third kappa shape index (κ3) is 5.10. The molecule has 0 unspecified atom stereocenters. The van der Waals surface area contributed by atoms with Gasteiger partial charge >= 0.3 is 0 Å². The number of nitrogens with one attached hydrogen (secondary N) is 1. The summed E-state index contributed by atoms with van der Waals surface area (Å²) in [6.45, 7) is 8.69. The number of sulfone groups is 1. The molecule has 0 radical (unpaired) electrons. The van der Waals surface area contributed by atoms with Gasteiger partial charge in [0.05, 0.1) is 22.8 Å². The van der Waals surface area contributed by atoms with Crippen molar-refractivity contribution in [3.05, 3.63) is 23.8 Å². The molecular formula is C21H31N3O4S. The Morgan fingerprint density at radius 1 is 1.07 bits per heavy atom. The Balaban J connectivity index is 1.93. The normalized spacial score (nSPS) is 18.8. The fourth-order valence-corrected chi connectivity index (χ4v) is 5.03. The fourth-order valence-electron chi connectivity index (χ4n) is 3.83. The number of rotatable bonds is 6. The monoisotopic (exact) mass is 421 g/mol. The van der Waals surface area contributed by atoms with Crippen molar-refractivity contribution >= 4 is 33.0 Å². The third-order valence-electron chi connectivity index (χ3n) is 5.47. The second-order valence-electron chi connectivity index (χ2n) is 8.53. The number of hydrogen-bond acceptors (Lipinski definition) is 5. The van der Waals surface area contributed by atoms with Gasteiger partial charge in [-0.1, -0.05) is 0 Å². The average molecular weight is 422 g/mol. The third-order valence-corrected chi connectivity index (χ3v) is 7.08. The first kappa shape index (κ1) is 21.6. The Bertz CT molecular complexity index is 869. The van der Waals surface area contributed by atoms with Gasteiger partial charge in [0.15, 0.2) is 9.84 Å². The molecule has 2 amide bonds. The second-order valence-corrected chi connectivity index (χ2v) is 10.8. The zero-order valence-electron chi connectivity index (χ0n) is 17.6. The summed E-state index contributed by atoms with van der Waals surface area (Å²) in [4.78, 5) is 29.2. The predicted molar refractivity (Wildman–Crippen MR) is 115 cm³/mol. The minimum Gasteiger partial charge on any atom is -0.366 e. The average Bonchev–Trinajstić information content (AvgIpc) is 3.46. The second kappa shape index (κ2) is 8.34. The number of carbonyl (C=O) groups is 2. The summed E-state index contributed by atoms with van der Waals surface area (Å²) in [6.07, 6.45) is 1.86. The van der Waals surface area contributed by atoms with E-state index in [4.69, 9.17) is 0 Å². The summed E-state index contributed by atoms with van der Waals surface area (Å²) < 4.78 is 23.5. The van der Waals surface area contributed by atoms with E-state index in [1.807, 2.05) is 6.07 Å². The quantitative estimate of drug-likeness (QED) is 0.763. The fraction of sp³-hybridized carbons (Fsp3) is 0.619. The van der Waals surface area contributed by atoms with Crippen LogP contribution >= 0.6 is 0 Å². The zero-order valence-corrected chi connectivity index (χ0v) is 18.5. The predicted octanol–water partition coefficient (Wildman–Crippen LogP) is 2.53. The van der Waals surface area contributed by atoms with Gasteiger partial charge in [-0.2, -0.15) is 0 Å². The smallest absolute Gasteiger partial charge is 0.256 e. The van der Waals surface area contributed by atoms with Crippen molar-refractivity contribution in [1.82, 2.24) is 4.90 Å². The molecule has 1 aliphatic heterocycles. The zero-order chi connectivity index (χ0) is 21.3. The van der Waals surface area contributed by atoms with E-state index in [-0.39, 0.29) is 54.4 Å². The maximum absolute atomic E-state index is 13.3. The summed E-state index contributed by atoms with van der Waals surface area (Å²) in [7, 11) is -3.06. The van der Waals surface area contributed by atoms with Gasteiger partial charge in [0, 0.05) is 36.8 Å². The maximum Gasteiger partial charge on any atom is 0.256 e. The number of hydrogen-bond donors (Lipinski definition) is 1. The van der Waals surface area contributed by atoms with Gasteiger partial charge < -0.3 is 15.1 Å². The van der Waals surface area contributed by atoms with E-state index in [1.54, 1.807) is 17.0 Å². The summed E-state index contributed by atoms with van der Waals surface area (Å²) in [5, 5.41) is 2.96. The van der Waals surface area contributed by atoms with E-state index in [2.05, 4.69) is 37.9 Å². The molecule has 3 rings (SSSR count). The highest BCUT2D eigenvalue weighted by Crippen LogP contribution is 2.33. The number of amides is 2. The summed E-state index contributed by atoms with van der Waals surface area (Å²) >= 11 is 0. The molecule has 1 aromatic rings. The standard InChI is InChI=1S/C21H31N3O4S/c1-14(2)24(15(3)4)19-13-17(22-20(25)16-5-6-16)7-8-18(19)21(26)23-9-11-29(27,28)12-10-23/h7-8,13-16H,5-6,9-12H2,1-4H3,(H,22,25). The molecule has 2 aliphatic rings. The Kier molecular flexibility index (Phi) is 6.22. The van der Waals surface area contributed by atoms with E-state index < -0.39 is 9.84 Å². The number of benzene rings is 1. The Labute approximate surface area is 173 Å². The van der Waals surface area contributed by atoms with Crippen LogP contribution in [0.25, 0.3) is 0 Å². The Morgan fingerprint density at radius 3 is 2.17 bits per heavy atom. The topological polar surface area (TPSA) is 86.8 Å². The van der Waals surface area contributed by atoms with Crippen LogP contribution in [-0.4, -0.2) is 61.8 Å². The van der Waals surface area contributed by atoms with Crippen LogP contribution in [0.4, 0.5) is 11.4 Å². The lowest BCUT2D eigenvalue weighted by Crippen LogP contribution is -2.45. The van der Waals surface area contributed by atoms with Gasteiger partial charge in [0.2, 0.25) is 5.91 Å². The summed E-state index contributed by atoms with van der Waals surface area (Å²) in [5.74, 6) is -0.0388. The van der Waals surface area contributed by atoms with E-state index in [1.165, 1.54) is 0 Å². The molecule has 1 saturated carbocycles. The first-order valence-corrected chi connectivity index (χ1v) is 12.1. The molecule has 0 spiro atoms. The van der Waals surface area contributed by atoms with Crippen LogP contribution < -0.4 is 10.2 Å². The minimum atomic E-state index is -3.06. The van der Waals surface area contributed by atoms with Crippen LogP contribution in [0.15, 0.2) is 18.2 Å². The lowest BCUT2D eigenvalue weighted by Gasteiger charge is -2.36. The summed E-state index contributed by atoms with van der Waals surface area (Å²) in [5.41, 5.74) is 1.99. The molecule has 1 saturated heterocycles. The number of anilines is 2. The molecule has 1 N–H and O–H groups in total. The Hall–Kier alpha value is -2.09. The molecule has 160 valence electrons. The van der Waals surface area contributed by atoms with Crippen LogP contribution in [0.1, 0.15) is 50.9 Å². The van der Waals surface area contributed by atoms with Crippen LogP contribution in [0.3, 0.4) is 0 Å². The van der Waals surface area contributed by atoms with Gasteiger partial charge in [-0.3, -0.25) is 9.59 Å². The van der Waals surface area contributed by atoms with Crippen LogP contribution in [0, 0.1) is 5.92 Å². The molecule has 1 aromatic carbocycles. The highest BCUT2D eigenvalue weighted by atomic mass is 32.2. The van der Waals surface area contributed by atoms with E-state index in [0.29, 0.717) is 11.3 Å². The molecule has 2 fully saturated rings. The molecular weight excluding hydrogens is 390 g/mol. The molecule has 0 bridgehead atoms. The van der Waals surface area contributed by atoms with Gasteiger partial charge in [0.25, 0.3) is 5.91 Å². The van der Waals surface area contributed by atoms with Crippen molar-refractivity contribution in [3.8, 4) is 0 Å². The molecule has 0 aromatic heterocycles. The van der Waals surface area contributed by atoms with Crippen molar-refractivity contribution in [1.29, 1.82) is 0 Å². The maximum atomic E-state index is 13.3. The van der Waals surface area contributed by atoms with Crippen molar-refractivity contribution in [2.75, 3.05) is 34.8 Å². The number of nitrogens with zero attached hydrogens (tertiary/aromatic N) is 2. The van der Waals surface area contributed by atoms with Crippen LogP contribution in [0.2, 0.25) is 0 Å². The molecule has 0 atom stereocenters. The van der Waals surface area contributed by atoms with E-state index in [9.17, 15) is 18.0 Å². The van der Waals surface area contributed by atoms with Gasteiger partial charge in [-0.15, -0.1) is 0 Å². The Morgan fingerprint density at radius 2 is 1.66 bits per heavy atom. The molecule has 29 heavy (non-hydrogen) atoms. The van der Waals surface area contributed by atoms with E-state index in [0.717, 1.165) is 18.5 Å². The highest BCUT2D eigenvalue weighted by Gasteiger charge is 2.31. The van der Waals surface area contributed by atoms with Gasteiger partial charge in [-0.25, -0.2) is 8.42 Å². The molecule has 1 heterocycles.